The topological polar surface area (TPSA) is 64.3 Å². The zero-order valence-corrected chi connectivity index (χ0v) is 9.28. The van der Waals surface area contributed by atoms with Crippen LogP contribution in [0.3, 0.4) is 0 Å². The van der Waals surface area contributed by atoms with Crippen molar-refractivity contribution in [2.75, 3.05) is 7.11 Å². The van der Waals surface area contributed by atoms with E-state index < -0.39 is 12.0 Å². The summed E-state index contributed by atoms with van der Waals surface area (Å²) < 4.78 is 6.44. The molecule has 1 atom stereocenters. The summed E-state index contributed by atoms with van der Waals surface area (Å²) >= 11 is 0. The number of methoxy groups -OCH3 is 1. The normalized spacial score (nSPS) is 12.1. The number of carboxylic acid groups (broad SMARTS) is 1. The van der Waals surface area contributed by atoms with Crippen molar-refractivity contribution in [3.63, 3.8) is 0 Å². The van der Waals surface area contributed by atoms with Crippen molar-refractivity contribution < 1.29 is 14.6 Å². The molecule has 5 nitrogen and oxygen atoms in total. The molecule has 0 aliphatic heterocycles. The third kappa shape index (κ3) is 2.28. The summed E-state index contributed by atoms with van der Waals surface area (Å²) in [4.78, 5) is 11.3. The Labute approximate surface area is 98.3 Å². The smallest absolute Gasteiger partial charge is 0.333 e. The lowest BCUT2D eigenvalue weighted by Gasteiger charge is -2.13. The number of aromatic nitrogens is 2. The monoisotopic (exact) mass is 232 g/mol. The third-order valence-electron chi connectivity index (χ3n) is 2.45. The van der Waals surface area contributed by atoms with E-state index in [1.165, 1.54) is 4.68 Å². The molecule has 1 N–H and O–H groups in total. The number of benzene rings is 1. The van der Waals surface area contributed by atoms with Gasteiger partial charge in [0, 0.05) is 12.4 Å². The molecule has 0 spiro atoms. The summed E-state index contributed by atoms with van der Waals surface area (Å²) in [5.41, 5.74) is 0.655. The maximum Gasteiger partial charge on any atom is 0.333 e. The van der Waals surface area contributed by atoms with Gasteiger partial charge in [0.25, 0.3) is 0 Å². The fraction of sp³-hybridized carbons (Fsp3) is 0.167. The van der Waals surface area contributed by atoms with Gasteiger partial charge in [0.05, 0.1) is 7.11 Å². The largest absolute Gasteiger partial charge is 0.497 e. The van der Waals surface area contributed by atoms with E-state index in [0.717, 1.165) is 0 Å². The lowest BCUT2D eigenvalue weighted by atomic mass is 10.1. The fourth-order valence-electron chi connectivity index (χ4n) is 1.63. The molecule has 1 aromatic heterocycles. The van der Waals surface area contributed by atoms with Crippen LogP contribution in [-0.4, -0.2) is 28.0 Å². The van der Waals surface area contributed by atoms with E-state index in [1.54, 1.807) is 49.8 Å². The summed E-state index contributed by atoms with van der Waals surface area (Å²) in [6.07, 6.45) is 3.18. The van der Waals surface area contributed by atoms with E-state index in [1.807, 2.05) is 0 Å². The van der Waals surface area contributed by atoms with Crippen LogP contribution in [0.25, 0.3) is 0 Å². The average Bonchev–Trinajstić information content (AvgIpc) is 2.83. The van der Waals surface area contributed by atoms with E-state index in [9.17, 15) is 9.90 Å². The van der Waals surface area contributed by atoms with Crippen molar-refractivity contribution >= 4 is 5.97 Å². The molecule has 0 aliphatic carbocycles. The quantitative estimate of drug-likeness (QED) is 0.868. The predicted octanol–water partition coefficient (Wildman–Crippen LogP) is 1.57. The summed E-state index contributed by atoms with van der Waals surface area (Å²) in [6.45, 7) is 0. The van der Waals surface area contributed by atoms with Crippen molar-refractivity contribution in [1.29, 1.82) is 0 Å². The van der Waals surface area contributed by atoms with Gasteiger partial charge in [-0.2, -0.15) is 5.10 Å². The molecule has 17 heavy (non-hydrogen) atoms. The summed E-state index contributed by atoms with van der Waals surface area (Å²) in [6, 6.07) is 7.79. The lowest BCUT2D eigenvalue weighted by molar-refractivity contribution is -0.139. The van der Waals surface area contributed by atoms with Crippen molar-refractivity contribution in [3.8, 4) is 5.75 Å². The van der Waals surface area contributed by atoms with Crippen molar-refractivity contribution in [2.45, 2.75) is 6.04 Å². The van der Waals surface area contributed by atoms with Crippen molar-refractivity contribution in [3.05, 3.63) is 48.3 Å². The second-order valence-corrected chi connectivity index (χ2v) is 3.50. The third-order valence-corrected chi connectivity index (χ3v) is 2.45. The first-order chi connectivity index (χ1) is 8.22. The molecule has 0 radical (unpaired) electrons. The molecule has 0 saturated heterocycles. The fourth-order valence-corrected chi connectivity index (χ4v) is 1.63. The van der Waals surface area contributed by atoms with Crippen molar-refractivity contribution in [2.24, 2.45) is 0 Å². The standard InChI is InChI=1S/C12H12N2O3/c1-17-10-5-3-9(4-6-10)11(12(15)16)14-8-2-7-13-14/h2-8,11H,1H3,(H,15,16)/t11-/m1/s1. The molecule has 0 fully saturated rings. The molecule has 0 aliphatic rings. The van der Waals surface area contributed by atoms with Gasteiger partial charge in [0.2, 0.25) is 0 Å². The lowest BCUT2D eigenvalue weighted by Crippen LogP contribution is -2.20. The van der Waals surface area contributed by atoms with Gasteiger partial charge in [-0.1, -0.05) is 12.1 Å². The van der Waals surface area contributed by atoms with Gasteiger partial charge in [0.15, 0.2) is 6.04 Å². The molecule has 1 aromatic carbocycles. The molecule has 1 heterocycles. The summed E-state index contributed by atoms with van der Waals surface area (Å²) in [5.74, 6) is -0.253. The molecule has 2 aromatic rings. The Balaban J connectivity index is 2.36. The van der Waals surface area contributed by atoms with Gasteiger partial charge in [-0.15, -0.1) is 0 Å². The minimum absolute atomic E-state index is 0.655. The Bertz CT molecular complexity index is 491. The number of carboxylic acids is 1. The van der Waals surface area contributed by atoms with Crippen LogP contribution in [0.4, 0.5) is 0 Å². The zero-order chi connectivity index (χ0) is 12.3. The number of carbonyl (C=O) groups is 1. The number of rotatable bonds is 4. The Kier molecular flexibility index (Phi) is 3.09. The molecule has 0 saturated carbocycles. The van der Waals surface area contributed by atoms with Crippen LogP contribution in [0, 0.1) is 0 Å². The molecule has 0 amide bonds. The highest BCUT2D eigenvalue weighted by Gasteiger charge is 2.21. The van der Waals surface area contributed by atoms with E-state index >= 15 is 0 Å². The molecule has 2 rings (SSSR count). The second kappa shape index (κ2) is 4.69. The minimum atomic E-state index is -0.945. The van der Waals surface area contributed by atoms with Crippen LogP contribution in [0.2, 0.25) is 0 Å². The Morgan fingerprint density at radius 3 is 2.59 bits per heavy atom. The van der Waals surface area contributed by atoms with E-state index in [0.29, 0.717) is 11.3 Å². The van der Waals surface area contributed by atoms with Gasteiger partial charge in [-0.05, 0) is 23.8 Å². The van der Waals surface area contributed by atoms with Gasteiger partial charge in [-0.25, -0.2) is 4.79 Å². The summed E-state index contributed by atoms with van der Waals surface area (Å²) in [5, 5.41) is 13.2. The van der Waals surface area contributed by atoms with Gasteiger partial charge < -0.3 is 9.84 Å². The molecule has 88 valence electrons. The Morgan fingerprint density at radius 1 is 1.41 bits per heavy atom. The highest BCUT2D eigenvalue weighted by Crippen LogP contribution is 2.20. The molecular formula is C12H12N2O3. The average molecular weight is 232 g/mol. The predicted molar refractivity (Wildman–Crippen MR) is 61.0 cm³/mol. The number of aliphatic carboxylic acids is 1. The van der Waals surface area contributed by atoms with Crippen LogP contribution in [0.15, 0.2) is 42.7 Å². The van der Waals surface area contributed by atoms with Gasteiger partial charge >= 0.3 is 5.97 Å². The molecule has 5 heteroatoms. The van der Waals surface area contributed by atoms with Gasteiger partial charge in [-0.3, -0.25) is 4.68 Å². The van der Waals surface area contributed by atoms with Crippen LogP contribution >= 0.6 is 0 Å². The zero-order valence-electron chi connectivity index (χ0n) is 9.28. The highest BCUT2D eigenvalue weighted by molar-refractivity contribution is 5.75. The first-order valence-electron chi connectivity index (χ1n) is 5.08. The first-order valence-corrected chi connectivity index (χ1v) is 5.08. The van der Waals surface area contributed by atoms with Crippen LogP contribution in [-0.2, 0) is 4.79 Å². The molecule has 0 bridgehead atoms. The number of hydrogen-bond donors (Lipinski definition) is 1. The Hall–Kier alpha value is -2.30. The summed E-state index contributed by atoms with van der Waals surface area (Å²) in [7, 11) is 1.57. The maximum absolute atomic E-state index is 11.3. The number of nitrogens with zero attached hydrogens (tertiary/aromatic N) is 2. The Morgan fingerprint density at radius 2 is 2.12 bits per heavy atom. The number of hydrogen-bond acceptors (Lipinski definition) is 3. The molecule has 0 unspecified atom stereocenters. The maximum atomic E-state index is 11.3. The molecular weight excluding hydrogens is 220 g/mol. The minimum Gasteiger partial charge on any atom is -0.497 e. The van der Waals surface area contributed by atoms with E-state index in [-0.39, 0.29) is 0 Å². The van der Waals surface area contributed by atoms with Gasteiger partial charge in [0.1, 0.15) is 5.75 Å². The SMILES string of the molecule is COc1ccc([C@H](C(=O)O)n2cccn2)cc1. The second-order valence-electron chi connectivity index (χ2n) is 3.50. The van der Waals surface area contributed by atoms with E-state index in [2.05, 4.69) is 5.10 Å². The number of ether oxygens (including phenoxy) is 1. The van der Waals surface area contributed by atoms with Crippen molar-refractivity contribution in [1.82, 2.24) is 9.78 Å². The van der Waals surface area contributed by atoms with E-state index in [4.69, 9.17) is 4.74 Å². The highest BCUT2D eigenvalue weighted by atomic mass is 16.5. The van der Waals surface area contributed by atoms with Crippen LogP contribution in [0.5, 0.6) is 5.75 Å². The van der Waals surface area contributed by atoms with Crippen LogP contribution < -0.4 is 4.74 Å². The van der Waals surface area contributed by atoms with Crippen LogP contribution in [0.1, 0.15) is 11.6 Å². The first kappa shape index (κ1) is 11.2.